The molecule has 0 bridgehead atoms. The standard InChI is InChI=1S/C19H14ClN3O7/c1-2-30-15-9-10(8-14(16(15)24)23(28)29)7-13-17(25)21-19(27)22(18(13)26)12-5-3-11(20)4-6-12/h3-9,24H,2H2,1H3,(H,21,25,27)/b13-7+. The molecule has 0 aliphatic carbocycles. The average molecular weight is 432 g/mol. The predicted molar refractivity (Wildman–Crippen MR) is 106 cm³/mol. The number of amides is 4. The number of benzene rings is 2. The van der Waals surface area contributed by atoms with Crippen LogP contribution in [0.2, 0.25) is 5.02 Å². The largest absolute Gasteiger partial charge is 0.500 e. The lowest BCUT2D eigenvalue weighted by molar-refractivity contribution is -0.386. The molecular formula is C19H14ClN3O7. The van der Waals surface area contributed by atoms with Crippen LogP contribution in [0.1, 0.15) is 12.5 Å². The summed E-state index contributed by atoms with van der Waals surface area (Å²) in [4.78, 5) is 48.4. The SMILES string of the molecule is CCOc1cc(/C=C2\C(=O)NC(=O)N(c3ccc(Cl)cc3)C2=O)cc([N+](=O)[O-])c1O. The Morgan fingerprint density at radius 2 is 1.90 bits per heavy atom. The highest BCUT2D eigenvalue weighted by Gasteiger charge is 2.37. The third kappa shape index (κ3) is 3.94. The lowest BCUT2D eigenvalue weighted by Gasteiger charge is -2.26. The number of ether oxygens (including phenoxy) is 1. The van der Waals surface area contributed by atoms with Crippen molar-refractivity contribution in [3.63, 3.8) is 0 Å². The summed E-state index contributed by atoms with van der Waals surface area (Å²) in [5, 5.41) is 23.6. The van der Waals surface area contributed by atoms with Crippen LogP contribution >= 0.6 is 11.6 Å². The zero-order valence-corrected chi connectivity index (χ0v) is 16.2. The lowest BCUT2D eigenvalue weighted by atomic mass is 10.1. The van der Waals surface area contributed by atoms with Gasteiger partial charge in [0.15, 0.2) is 5.75 Å². The van der Waals surface area contributed by atoms with Crippen LogP contribution in [0.15, 0.2) is 42.0 Å². The van der Waals surface area contributed by atoms with Crippen molar-refractivity contribution in [1.29, 1.82) is 0 Å². The fraction of sp³-hybridized carbons (Fsp3) is 0.105. The van der Waals surface area contributed by atoms with Crippen LogP contribution in [0.4, 0.5) is 16.2 Å². The fourth-order valence-electron chi connectivity index (χ4n) is 2.75. The molecule has 2 aromatic rings. The third-order valence-electron chi connectivity index (χ3n) is 4.07. The maximum absolute atomic E-state index is 12.9. The van der Waals surface area contributed by atoms with Crippen molar-refractivity contribution in [2.24, 2.45) is 0 Å². The van der Waals surface area contributed by atoms with E-state index in [9.17, 15) is 29.6 Å². The van der Waals surface area contributed by atoms with Gasteiger partial charge in [-0.1, -0.05) is 11.6 Å². The summed E-state index contributed by atoms with van der Waals surface area (Å²) in [5.41, 5.74) is -0.882. The Kier molecular flexibility index (Phi) is 5.70. The maximum Gasteiger partial charge on any atom is 0.335 e. The molecule has 10 nitrogen and oxygen atoms in total. The summed E-state index contributed by atoms with van der Waals surface area (Å²) < 4.78 is 5.18. The summed E-state index contributed by atoms with van der Waals surface area (Å²) in [7, 11) is 0. The van der Waals surface area contributed by atoms with E-state index in [-0.39, 0.29) is 23.6 Å². The predicted octanol–water partition coefficient (Wildman–Crippen LogP) is 3.02. The van der Waals surface area contributed by atoms with Crippen LogP contribution in [0.25, 0.3) is 6.08 Å². The van der Waals surface area contributed by atoms with Crippen molar-refractivity contribution in [3.05, 3.63) is 62.7 Å². The first-order valence-corrected chi connectivity index (χ1v) is 8.92. The first-order chi connectivity index (χ1) is 14.2. The number of anilines is 1. The number of nitrogens with one attached hydrogen (secondary N) is 1. The quantitative estimate of drug-likeness (QED) is 0.321. The van der Waals surface area contributed by atoms with Crippen LogP contribution in [-0.2, 0) is 9.59 Å². The Morgan fingerprint density at radius 3 is 2.50 bits per heavy atom. The molecule has 1 aliphatic heterocycles. The van der Waals surface area contributed by atoms with Crippen molar-refractivity contribution in [2.75, 3.05) is 11.5 Å². The molecule has 0 atom stereocenters. The average Bonchev–Trinajstić information content (AvgIpc) is 2.68. The van der Waals surface area contributed by atoms with E-state index in [1.807, 2.05) is 5.32 Å². The molecule has 0 spiro atoms. The van der Waals surface area contributed by atoms with Crippen molar-refractivity contribution in [3.8, 4) is 11.5 Å². The molecule has 1 fully saturated rings. The molecule has 1 saturated heterocycles. The first kappa shape index (κ1) is 20.8. The van der Waals surface area contributed by atoms with Crippen LogP contribution in [-0.4, -0.2) is 34.5 Å². The summed E-state index contributed by atoms with van der Waals surface area (Å²) in [6.07, 6.45) is 1.07. The minimum absolute atomic E-state index is 0.0480. The Balaban J connectivity index is 2.08. The number of hydrogen-bond acceptors (Lipinski definition) is 7. The van der Waals surface area contributed by atoms with Crippen LogP contribution in [0, 0.1) is 10.1 Å². The number of nitrogens with zero attached hydrogens (tertiary/aromatic N) is 2. The molecule has 1 aliphatic rings. The van der Waals surface area contributed by atoms with Gasteiger partial charge in [0.25, 0.3) is 11.8 Å². The number of carbonyl (C=O) groups is 3. The molecule has 4 amide bonds. The van der Waals surface area contributed by atoms with Gasteiger partial charge in [0.05, 0.1) is 17.2 Å². The molecule has 30 heavy (non-hydrogen) atoms. The molecule has 1 heterocycles. The number of nitro benzene ring substituents is 1. The second-order valence-corrected chi connectivity index (χ2v) is 6.45. The molecule has 0 radical (unpaired) electrons. The number of barbiturate groups is 1. The molecule has 154 valence electrons. The Morgan fingerprint density at radius 1 is 1.23 bits per heavy atom. The Labute approximate surface area is 174 Å². The normalized spacial score (nSPS) is 15.3. The van der Waals surface area contributed by atoms with Gasteiger partial charge in [-0.2, -0.15) is 0 Å². The van der Waals surface area contributed by atoms with Crippen LogP contribution in [0.3, 0.4) is 0 Å². The number of phenolic OH excluding ortho intramolecular Hbond substituents is 1. The third-order valence-corrected chi connectivity index (χ3v) is 4.32. The molecule has 0 unspecified atom stereocenters. The molecule has 3 rings (SSSR count). The number of halogens is 1. The fourth-order valence-corrected chi connectivity index (χ4v) is 2.88. The number of phenols is 1. The van der Waals surface area contributed by atoms with E-state index in [0.29, 0.717) is 5.02 Å². The van der Waals surface area contributed by atoms with Gasteiger partial charge in [-0.3, -0.25) is 25.0 Å². The molecule has 0 aromatic heterocycles. The molecular weight excluding hydrogens is 418 g/mol. The second-order valence-electron chi connectivity index (χ2n) is 6.01. The van der Waals surface area contributed by atoms with E-state index in [2.05, 4.69) is 0 Å². The monoisotopic (exact) mass is 431 g/mol. The molecule has 0 saturated carbocycles. The summed E-state index contributed by atoms with van der Waals surface area (Å²) in [5.74, 6) is -2.77. The van der Waals surface area contributed by atoms with Crippen LogP contribution in [0.5, 0.6) is 11.5 Å². The highest BCUT2D eigenvalue weighted by molar-refractivity contribution is 6.39. The summed E-state index contributed by atoms with van der Waals surface area (Å²) in [6, 6.07) is 7.05. The van der Waals surface area contributed by atoms with E-state index in [1.54, 1.807) is 6.92 Å². The number of aromatic hydroxyl groups is 1. The number of nitro groups is 1. The minimum Gasteiger partial charge on any atom is -0.500 e. The van der Waals surface area contributed by atoms with Gasteiger partial charge >= 0.3 is 11.7 Å². The van der Waals surface area contributed by atoms with E-state index in [0.717, 1.165) is 17.0 Å². The zero-order valence-electron chi connectivity index (χ0n) is 15.4. The number of urea groups is 1. The number of hydrogen-bond donors (Lipinski definition) is 2. The van der Waals surface area contributed by atoms with Gasteiger partial charge in [-0.15, -0.1) is 0 Å². The van der Waals surface area contributed by atoms with Gasteiger partial charge in [0, 0.05) is 11.1 Å². The Hall–Kier alpha value is -3.92. The van der Waals surface area contributed by atoms with E-state index in [1.165, 1.54) is 30.3 Å². The van der Waals surface area contributed by atoms with Crippen molar-refractivity contribution in [2.45, 2.75) is 6.92 Å². The molecule has 2 N–H and O–H groups in total. The van der Waals surface area contributed by atoms with Gasteiger partial charge in [0.1, 0.15) is 5.57 Å². The van der Waals surface area contributed by atoms with E-state index >= 15 is 0 Å². The summed E-state index contributed by atoms with van der Waals surface area (Å²) >= 11 is 5.82. The van der Waals surface area contributed by atoms with Crippen molar-refractivity contribution in [1.82, 2.24) is 5.32 Å². The second kappa shape index (κ2) is 8.21. The summed E-state index contributed by atoms with van der Waals surface area (Å²) in [6.45, 7) is 1.73. The first-order valence-electron chi connectivity index (χ1n) is 8.54. The smallest absolute Gasteiger partial charge is 0.335 e. The maximum atomic E-state index is 12.9. The minimum atomic E-state index is -0.969. The lowest BCUT2D eigenvalue weighted by Crippen LogP contribution is -2.54. The number of imide groups is 2. The zero-order chi connectivity index (χ0) is 22.0. The highest BCUT2D eigenvalue weighted by Crippen LogP contribution is 2.38. The van der Waals surface area contributed by atoms with Gasteiger partial charge in [-0.25, -0.2) is 9.69 Å². The van der Waals surface area contributed by atoms with E-state index < -0.39 is 39.8 Å². The van der Waals surface area contributed by atoms with Gasteiger partial charge in [-0.05, 0) is 48.9 Å². The number of rotatable bonds is 5. The van der Waals surface area contributed by atoms with Crippen LogP contribution < -0.4 is 15.0 Å². The highest BCUT2D eigenvalue weighted by atomic mass is 35.5. The van der Waals surface area contributed by atoms with Gasteiger partial charge in [0.2, 0.25) is 5.75 Å². The topological polar surface area (TPSA) is 139 Å². The van der Waals surface area contributed by atoms with Crippen molar-refractivity contribution >= 4 is 46.9 Å². The molecule has 2 aromatic carbocycles. The van der Waals surface area contributed by atoms with Gasteiger partial charge < -0.3 is 9.84 Å². The number of carbonyl (C=O) groups excluding carboxylic acids is 3. The molecule has 11 heteroatoms. The van der Waals surface area contributed by atoms with Crippen molar-refractivity contribution < 1.29 is 29.2 Å². The Bertz CT molecular complexity index is 1100. The van der Waals surface area contributed by atoms with E-state index in [4.69, 9.17) is 16.3 Å².